The van der Waals surface area contributed by atoms with E-state index >= 15 is 0 Å². The highest BCUT2D eigenvalue weighted by molar-refractivity contribution is 7.87. The zero-order valence-corrected chi connectivity index (χ0v) is 10.8. The summed E-state index contributed by atoms with van der Waals surface area (Å²) in [5.74, 6) is 0.416. The van der Waals surface area contributed by atoms with E-state index in [4.69, 9.17) is 5.11 Å². The minimum atomic E-state index is -3.42. The summed E-state index contributed by atoms with van der Waals surface area (Å²) in [4.78, 5) is 0. The van der Waals surface area contributed by atoms with Gasteiger partial charge in [0.2, 0.25) is 0 Å². The highest BCUT2D eigenvalue weighted by Crippen LogP contribution is 2.17. The monoisotopic (exact) mass is 250 g/mol. The van der Waals surface area contributed by atoms with Crippen LogP contribution in [0.2, 0.25) is 0 Å². The molecule has 0 aromatic carbocycles. The van der Waals surface area contributed by atoms with Crippen molar-refractivity contribution >= 4 is 10.2 Å². The van der Waals surface area contributed by atoms with Crippen molar-refractivity contribution in [2.45, 2.75) is 39.2 Å². The molecule has 0 aromatic rings. The van der Waals surface area contributed by atoms with E-state index in [9.17, 15) is 8.42 Å². The summed E-state index contributed by atoms with van der Waals surface area (Å²) >= 11 is 0. The van der Waals surface area contributed by atoms with Crippen LogP contribution in [-0.2, 0) is 10.2 Å². The number of aliphatic hydroxyl groups excluding tert-OH is 1. The Morgan fingerprint density at radius 1 is 1.56 bits per heavy atom. The Morgan fingerprint density at radius 2 is 2.25 bits per heavy atom. The summed E-state index contributed by atoms with van der Waals surface area (Å²) in [5.41, 5.74) is 0. The van der Waals surface area contributed by atoms with Gasteiger partial charge in [0.25, 0.3) is 10.2 Å². The van der Waals surface area contributed by atoms with E-state index in [2.05, 4.69) is 11.6 Å². The van der Waals surface area contributed by atoms with Gasteiger partial charge >= 0.3 is 0 Å². The minimum absolute atomic E-state index is 0.154. The molecular formula is C10H22N2O3S. The predicted molar refractivity (Wildman–Crippen MR) is 63.2 cm³/mol. The maximum absolute atomic E-state index is 12.0. The lowest BCUT2D eigenvalue weighted by Crippen LogP contribution is -2.49. The van der Waals surface area contributed by atoms with Crippen molar-refractivity contribution in [2.75, 3.05) is 19.7 Å². The van der Waals surface area contributed by atoms with Crippen molar-refractivity contribution in [1.82, 2.24) is 9.03 Å². The first-order valence-corrected chi connectivity index (χ1v) is 7.31. The molecule has 1 saturated heterocycles. The van der Waals surface area contributed by atoms with E-state index in [0.29, 0.717) is 25.4 Å². The van der Waals surface area contributed by atoms with E-state index in [1.807, 2.05) is 6.92 Å². The van der Waals surface area contributed by atoms with Crippen LogP contribution in [0.3, 0.4) is 0 Å². The molecule has 1 fully saturated rings. The highest BCUT2D eigenvalue weighted by Gasteiger charge is 2.28. The summed E-state index contributed by atoms with van der Waals surface area (Å²) in [7, 11) is -3.42. The molecule has 5 nitrogen and oxygen atoms in total. The first-order valence-electron chi connectivity index (χ1n) is 5.87. The third kappa shape index (κ3) is 3.69. The molecule has 0 saturated carbocycles. The van der Waals surface area contributed by atoms with E-state index in [0.717, 1.165) is 12.8 Å². The molecule has 2 unspecified atom stereocenters. The van der Waals surface area contributed by atoms with Crippen LogP contribution in [0.15, 0.2) is 0 Å². The van der Waals surface area contributed by atoms with Gasteiger partial charge < -0.3 is 5.11 Å². The third-order valence-electron chi connectivity index (χ3n) is 2.99. The van der Waals surface area contributed by atoms with Gasteiger partial charge in [0, 0.05) is 19.1 Å². The van der Waals surface area contributed by atoms with Crippen molar-refractivity contribution in [3.05, 3.63) is 0 Å². The van der Waals surface area contributed by atoms with Gasteiger partial charge in [0.05, 0.1) is 6.61 Å². The Bertz CT molecular complexity index is 301. The van der Waals surface area contributed by atoms with Crippen molar-refractivity contribution in [1.29, 1.82) is 0 Å². The summed E-state index contributed by atoms with van der Waals surface area (Å²) in [6, 6.07) is -0.373. The fraction of sp³-hybridized carbons (Fsp3) is 1.00. The summed E-state index contributed by atoms with van der Waals surface area (Å²) in [5, 5.41) is 8.99. The van der Waals surface area contributed by atoms with Gasteiger partial charge in [-0.1, -0.05) is 13.8 Å². The number of rotatable bonds is 5. The highest BCUT2D eigenvalue weighted by atomic mass is 32.2. The Hall–Kier alpha value is -0.170. The summed E-state index contributed by atoms with van der Waals surface area (Å²) in [6.07, 6.45) is 2.60. The topological polar surface area (TPSA) is 69.6 Å². The average molecular weight is 250 g/mol. The molecule has 0 radical (unpaired) electrons. The number of nitrogens with one attached hydrogen (secondary N) is 1. The Labute approximate surface area is 98.0 Å². The molecule has 2 atom stereocenters. The van der Waals surface area contributed by atoms with Crippen LogP contribution in [0, 0.1) is 5.92 Å². The zero-order valence-electron chi connectivity index (χ0n) is 10.0. The Balaban J connectivity index is 2.62. The number of hydrogen-bond donors (Lipinski definition) is 2. The van der Waals surface area contributed by atoms with Crippen molar-refractivity contribution in [3.8, 4) is 0 Å². The smallest absolute Gasteiger partial charge is 0.279 e. The summed E-state index contributed by atoms with van der Waals surface area (Å²) in [6.45, 7) is 4.92. The van der Waals surface area contributed by atoms with Crippen LogP contribution < -0.4 is 4.72 Å². The van der Waals surface area contributed by atoms with E-state index in [-0.39, 0.29) is 12.6 Å². The van der Waals surface area contributed by atoms with Crippen LogP contribution >= 0.6 is 0 Å². The molecular weight excluding hydrogens is 228 g/mol. The van der Waals surface area contributed by atoms with E-state index < -0.39 is 10.2 Å². The average Bonchev–Trinajstić information content (AvgIpc) is 2.26. The predicted octanol–water partition coefficient (Wildman–Crippen LogP) is 0.324. The Kier molecular flexibility index (Phi) is 5.17. The fourth-order valence-corrected chi connectivity index (χ4v) is 3.53. The normalized spacial score (nSPS) is 25.6. The lowest BCUT2D eigenvalue weighted by molar-refractivity contribution is 0.243. The Morgan fingerprint density at radius 3 is 2.75 bits per heavy atom. The molecule has 0 bridgehead atoms. The SMILES string of the molecule is CCC(CO)NS(=O)(=O)N1CCCC(C)C1. The first-order chi connectivity index (χ1) is 7.49. The summed E-state index contributed by atoms with van der Waals surface area (Å²) < 4.78 is 27.9. The fourth-order valence-electron chi connectivity index (χ4n) is 1.90. The number of hydrogen-bond acceptors (Lipinski definition) is 3. The second-order valence-corrected chi connectivity index (χ2v) is 6.22. The van der Waals surface area contributed by atoms with Crippen LogP contribution in [0.1, 0.15) is 33.1 Å². The molecule has 1 aliphatic rings. The molecule has 0 amide bonds. The molecule has 6 heteroatoms. The minimum Gasteiger partial charge on any atom is -0.395 e. The van der Waals surface area contributed by atoms with Crippen molar-refractivity contribution < 1.29 is 13.5 Å². The van der Waals surface area contributed by atoms with Gasteiger partial charge in [-0.2, -0.15) is 17.4 Å². The van der Waals surface area contributed by atoms with Gasteiger partial charge in [-0.05, 0) is 25.2 Å². The zero-order chi connectivity index (χ0) is 12.2. The molecule has 1 heterocycles. The maximum atomic E-state index is 12.0. The van der Waals surface area contributed by atoms with Gasteiger partial charge in [-0.3, -0.25) is 0 Å². The van der Waals surface area contributed by atoms with E-state index in [1.54, 1.807) is 0 Å². The molecule has 1 rings (SSSR count). The lowest BCUT2D eigenvalue weighted by atomic mass is 10.0. The second-order valence-electron chi connectivity index (χ2n) is 4.52. The molecule has 0 aromatic heterocycles. The molecule has 0 aliphatic carbocycles. The van der Waals surface area contributed by atoms with Crippen molar-refractivity contribution in [2.24, 2.45) is 5.92 Å². The quantitative estimate of drug-likeness (QED) is 0.738. The van der Waals surface area contributed by atoms with Crippen LogP contribution in [0.4, 0.5) is 0 Å². The largest absolute Gasteiger partial charge is 0.395 e. The molecule has 1 aliphatic heterocycles. The molecule has 16 heavy (non-hydrogen) atoms. The van der Waals surface area contributed by atoms with Crippen LogP contribution in [0.25, 0.3) is 0 Å². The van der Waals surface area contributed by atoms with Gasteiger partial charge in [0.15, 0.2) is 0 Å². The molecule has 2 N–H and O–H groups in total. The third-order valence-corrected chi connectivity index (χ3v) is 4.63. The van der Waals surface area contributed by atoms with Gasteiger partial charge in [0.1, 0.15) is 0 Å². The number of aliphatic hydroxyl groups is 1. The van der Waals surface area contributed by atoms with Crippen molar-refractivity contribution in [3.63, 3.8) is 0 Å². The lowest BCUT2D eigenvalue weighted by Gasteiger charge is -2.31. The maximum Gasteiger partial charge on any atom is 0.279 e. The molecule has 96 valence electrons. The number of nitrogens with zero attached hydrogens (tertiary/aromatic N) is 1. The van der Waals surface area contributed by atoms with Gasteiger partial charge in [-0.25, -0.2) is 0 Å². The van der Waals surface area contributed by atoms with Crippen LogP contribution in [0.5, 0.6) is 0 Å². The van der Waals surface area contributed by atoms with Crippen LogP contribution in [-0.4, -0.2) is 43.6 Å². The molecule has 0 spiro atoms. The first kappa shape index (κ1) is 13.9. The van der Waals surface area contributed by atoms with E-state index in [1.165, 1.54) is 4.31 Å². The second kappa shape index (κ2) is 5.95. The van der Waals surface area contributed by atoms with Gasteiger partial charge in [-0.15, -0.1) is 0 Å². The standard InChI is InChI=1S/C10H22N2O3S/c1-3-10(8-13)11-16(14,15)12-6-4-5-9(2)7-12/h9-11,13H,3-8H2,1-2H3. The number of piperidine rings is 1.